The van der Waals surface area contributed by atoms with Gasteiger partial charge in [0.2, 0.25) is 5.91 Å². The Morgan fingerprint density at radius 2 is 1.85 bits per heavy atom. The molecule has 0 aliphatic carbocycles. The molecule has 33 heavy (non-hydrogen) atoms. The third-order valence-electron chi connectivity index (χ3n) is 6.23. The Morgan fingerprint density at radius 3 is 2.67 bits per heavy atom. The van der Waals surface area contributed by atoms with E-state index in [9.17, 15) is 4.79 Å². The first-order valence-corrected chi connectivity index (χ1v) is 11.6. The third kappa shape index (κ3) is 4.21. The van der Waals surface area contributed by atoms with Crippen molar-refractivity contribution < 1.29 is 9.53 Å². The van der Waals surface area contributed by atoms with Gasteiger partial charge in [0.05, 0.1) is 22.6 Å². The second kappa shape index (κ2) is 8.91. The first-order chi connectivity index (χ1) is 16.0. The van der Waals surface area contributed by atoms with Gasteiger partial charge in [0.25, 0.3) is 0 Å². The molecule has 1 atom stereocenters. The molecular weight excluding hydrogens is 434 g/mol. The molecule has 0 N–H and O–H groups in total. The molecule has 0 saturated carbocycles. The number of halogens is 1. The lowest BCUT2D eigenvalue weighted by Crippen LogP contribution is -2.25. The number of hydrogen-bond donors (Lipinski definition) is 0. The van der Waals surface area contributed by atoms with E-state index in [1.165, 1.54) is 5.56 Å². The third-order valence-corrected chi connectivity index (χ3v) is 6.54. The number of aryl methyl sites for hydroxylation is 2. The van der Waals surface area contributed by atoms with Crippen LogP contribution in [0.15, 0.2) is 66.7 Å². The van der Waals surface area contributed by atoms with Crippen LogP contribution in [0.1, 0.15) is 29.3 Å². The number of aromatic nitrogens is 2. The zero-order valence-corrected chi connectivity index (χ0v) is 19.5. The molecule has 1 fully saturated rings. The molecule has 6 heteroatoms. The van der Waals surface area contributed by atoms with Gasteiger partial charge in [-0.3, -0.25) is 4.79 Å². The number of carbonyl (C=O) groups excluding carboxylic acids is 1. The predicted molar refractivity (Wildman–Crippen MR) is 132 cm³/mol. The molecule has 0 spiro atoms. The quantitative estimate of drug-likeness (QED) is 0.360. The van der Waals surface area contributed by atoms with E-state index in [2.05, 4.69) is 36.6 Å². The molecule has 4 aromatic rings. The Morgan fingerprint density at radius 1 is 1.06 bits per heavy atom. The van der Waals surface area contributed by atoms with E-state index in [1.54, 1.807) is 0 Å². The highest BCUT2D eigenvalue weighted by atomic mass is 35.5. The number of nitrogens with zero attached hydrogens (tertiary/aromatic N) is 3. The molecule has 5 nitrogen and oxygen atoms in total. The van der Waals surface area contributed by atoms with E-state index in [-0.39, 0.29) is 11.8 Å². The van der Waals surface area contributed by atoms with Crippen LogP contribution in [0.2, 0.25) is 5.02 Å². The van der Waals surface area contributed by atoms with Crippen LogP contribution in [0.4, 0.5) is 5.69 Å². The van der Waals surface area contributed by atoms with Crippen molar-refractivity contribution in [3.8, 4) is 5.75 Å². The van der Waals surface area contributed by atoms with E-state index in [0.29, 0.717) is 36.9 Å². The van der Waals surface area contributed by atoms with Crippen molar-refractivity contribution in [3.63, 3.8) is 0 Å². The second-order valence-corrected chi connectivity index (χ2v) is 8.99. The first-order valence-electron chi connectivity index (χ1n) is 11.2. The van der Waals surface area contributed by atoms with Crippen molar-refractivity contribution in [2.45, 2.75) is 32.7 Å². The molecule has 1 aliphatic rings. The topological polar surface area (TPSA) is 47.4 Å². The van der Waals surface area contributed by atoms with Gasteiger partial charge in [-0.25, -0.2) is 4.98 Å². The van der Waals surface area contributed by atoms with Crippen molar-refractivity contribution in [1.82, 2.24) is 9.55 Å². The maximum atomic E-state index is 13.0. The molecule has 1 aromatic heterocycles. The number of imidazole rings is 1. The van der Waals surface area contributed by atoms with Crippen molar-refractivity contribution in [2.75, 3.05) is 18.1 Å². The molecule has 2 heterocycles. The number of carbonyl (C=O) groups is 1. The van der Waals surface area contributed by atoms with Crippen LogP contribution in [0.25, 0.3) is 11.0 Å². The predicted octanol–water partition coefficient (Wildman–Crippen LogP) is 5.91. The van der Waals surface area contributed by atoms with Gasteiger partial charge < -0.3 is 14.2 Å². The number of ether oxygens (including phenoxy) is 1. The molecule has 3 aromatic carbocycles. The van der Waals surface area contributed by atoms with Crippen LogP contribution in [0.3, 0.4) is 0 Å². The van der Waals surface area contributed by atoms with Crippen molar-refractivity contribution >= 4 is 34.2 Å². The minimum Gasteiger partial charge on any atom is -0.490 e. The summed E-state index contributed by atoms with van der Waals surface area (Å²) in [5.41, 5.74) is 5.28. The Labute approximate surface area is 198 Å². The smallest absolute Gasteiger partial charge is 0.227 e. The van der Waals surface area contributed by atoms with E-state index in [1.807, 2.05) is 53.4 Å². The number of fused-ring (bicyclic) bond motifs is 1. The summed E-state index contributed by atoms with van der Waals surface area (Å²) >= 11 is 6.24. The van der Waals surface area contributed by atoms with Crippen LogP contribution in [-0.2, 0) is 11.3 Å². The molecule has 5 rings (SSSR count). The molecule has 1 saturated heterocycles. The van der Waals surface area contributed by atoms with Gasteiger partial charge in [-0.2, -0.15) is 0 Å². The van der Waals surface area contributed by atoms with Crippen LogP contribution in [0, 0.1) is 13.8 Å². The largest absolute Gasteiger partial charge is 0.490 e. The van der Waals surface area contributed by atoms with Crippen molar-refractivity contribution in [1.29, 1.82) is 0 Å². The number of para-hydroxylation sites is 3. The fourth-order valence-electron chi connectivity index (χ4n) is 4.67. The van der Waals surface area contributed by atoms with Crippen molar-refractivity contribution in [2.24, 2.45) is 0 Å². The minimum atomic E-state index is 0.0194. The molecular formula is C27H26ClN3O2. The lowest BCUT2D eigenvalue weighted by atomic mass is 10.1. The fourth-order valence-corrected chi connectivity index (χ4v) is 4.86. The average molecular weight is 460 g/mol. The van der Waals surface area contributed by atoms with E-state index in [0.717, 1.165) is 28.1 Å². The number of anilines is 1. The first kappa shape index (κ1) is 21.5. The molecule has 0 radical (unpaired) electrons. The molecule has 1 unspecified atom stereocenters. The Bertz CT molecular complexity index is 1330. The summed E-state index contributed by atoms with van der Waals surface area (Å²) in [6.45, 7) is 5.83. The lowest BCUT2D eigenvalue weighted by Gasteiger charge is -2.20. The lowest BCUT2D eigenvalue weighted by molar-refractivity contribution is -0.117. The maximum Gasteiger partial charge on any atom is 0.227 e. The van der Waals surface area contributed by atoms with Crippen LogP contribution in [-0.4, -0.2) is 28.6 Å². The molecule has 0 bridgehead atoms. The van der Waals surface area contributed by atoms with Gasteiger partial charge in [-0.05, 0) is 49.7 Å². The number of amides is 1. The van der Waals surface area contributed by atoms with Gasteiger partial charge >= 0.3 is 0 Å². The van der Waals surface area contributed by atoms with Gasteiger partial charge in [0.1, 0.15) is 18.2 Å². The van der Waals surface area contributed by atoms with Crippen LogP contribution < -0.4 is 9.64 Å². The Hall–Kier alpha value is -3.31. The summed E-state index contributed by atoms with van der Waals surface area (Å²) in [5, 5.41) is 0.596. The summed E-state index contributed by atoms with van der Waals surface area (Å²) in [4.78, 5) is 19.9. The summed E-state index contributed by atoms with van der Waals surface area (Å²) in [6.07, 6.45) is 0.446. The number of hydrogen-bond acceptors (Lipinski definition) is 3. The van der Waals surface area contributed by atoms with E-state index >= 15 is 0 Å². The normalized spacial score (nSPS) is 16.0. The summed E-state index contributed by atoms with van der Waals surface area (Å²) in [7, 11) is 0. The standard InChI is InChI=1S/C27H26ClN3O2/c1-18-11-12-23(19(2)15-18)31-17-20(16-26(31)32)27-29-22-8-4-5-9-24(22)30(27)13-14-33-25-10-6-3-7-21(25)28/h3-12,15,20H,13-14,16-17H2,1-2H3. The van der Waals surface area contributed by atoms with Crippen molar-refractivity contribution in [3.05, 3.63) is 88.7 Å². The Balaban J connectivity index is 1.42. The highest BCUT2D eigenvalue weighted by molar-refractivity contribution is 6.32. The van der Waals surface area contributed by atoms with Crippen LogP contribution >= 0.6 is 11.6 Å². The highest BCUT2D eigenvalue weighted by Crippen LogP contribution is 2.35. The fraction of sp³-hybridized carbons (Fsp3) is 0.259. The van der Waals surface area contributed by atoms with E-state index in [4.69, 9.17) is 21.3 Å². The molecule has 1 amide bonds. The zero-order chi connectivity index (χ0) is 22.9. The summed E-state index contributed by atoms with van der Waals surface area (Å²) in [6, 6.07) is 21.8. The molecule has 168 valence electrons. The molecule has 1 aliphatic heterocycles. The monoisotopic (exact) mass is 459 g/mol. The van der Waals surface area contributed by atoms with Gasteiger partial charge in [-0.1, -0.05) is 53.6 Å². The van der Waals surface area contributed by atoms with Crippen LogP contribution in [0.5, 0.6) is 5.75 Å². The SMILES string of the molecule is Cc1ccc(N2CC(c3nc4ccccc4n3CCOc3ccccc3Cl)CC2=O)c(C)c1. The van der Waals surface area contributed by atoms with Gasteiger partial charge in [0, 0.05) is 24.6 Å². The minimum absolute atomic E-state index is 0.0194. The Kier molecular flexibility index (Phi) is 5.81. The summed E-state index contributed by atoms with van der Waals surface area (Å²) in [5.74, 6) is 1.76. The van der Waals surface area contributed by atoms with Gasteiger partial charge in [0.15, 0.2) is 0 Å². The zero-order valence-electron chi connectivity index (χ0n) is 18.8. The average Bonchev–Trinajstić information content (AvgIpc) is 3.36. The highest BCUT2D eigenvalue weighted by Gasteiger charge is 2.35. The second-order valence-electron chi connectivity index (χ2n) is 8.58. The number of benzene rings is 3. The maximum absolute atomic E-state index is 13.0. The number of rotatable bonds is 6. The van der Waals surface area contributed by atoms with E-state index < -0.39 is 0 Å². The van der Waals surface area contributed by atoms with Gasteiger partial charge in [-0.15, -0.1) is 0 Å². The summed E-state index contributed by atoms with van der Waals surface area (Å²) < 4.78 is 8.15.